The van der Waals surface area contributed by atoms with Crippen LogP contribution < -0.4 is 5.32 Å². The topological polar surface area (TPSA) is 78.1 Å². The number of sulfonamides is 1. The molecule has 9 heteroatoms. The number of H-pyrrole nitrogens is 1. The Morgan fingerprint density at radius 3 is 2.90 bits per heavy atom. The third kappa shape index (κ3) is 3.92. The Labute approximate surface area is 136 Å². The number of aromatic amines is 1. The summed E-state index contributed by atoms with van der Waals surface area (Å²) in [6, 6.07) is 1.92. The summed E-state index contributed by atoms with van der Waals surface area (Å²) in [6.07, 6.45) is 1.55. The molecule has 0 fully saturated rings. The summed E-state index contributed by atoms with van der Waals surface area (Å²) in [6.45, 7) is 3.54. The van der Waals surface area contributed by atoms with Gasteiger partial charge in [-0.25, -0.2) is 8.42 Å². The molecule has 6 nitrogen and oxygen atoms in total. The van der Waals surface area contributed by atoms with Crippen molar-refractivity contribution in [1.82, 2.24) is 19.8 Å². The lowest BCUT2D eigenvalue weighted by Crippen LogP contribution is -2.28. The van der Waals surface area contributed by atoms with E-state index in [4.69, 9.17) is 0 Å². The minimum atomic E-state index is -3.58. The van der Waals surface area contributed by atoms with Crippen LogP contribution in [-0.2, 0) is 23.1 Å². The first-order chi connectivity index (χ1) is 9.95. The van der Waals surface area contributed by atoms with Gasteiger partial charge in [-0.3, -0.25) is 5.10 Å². The lowest BCUT2D eigenvalue weighted by Gasteiger charge is -2.16. The van der Waals surface area contributed by atoms with E-state index in [-0.39, 0.29) is 5.03 Å². The Bertz CT molecular complexity index is 696. The minimum absolute atomic E-state index is 0.154. The van der Waals surface area contributed by atoms with Gasteiger partial charge >= 0.3 is 0 Å². The molecular formula is C12H17BrN4O2S2. The van der Waals surface area contributed by atoms with Crippen molar-refractivity contribution in [2.24, 2.45) is 0 Å². The molecule has 2 heterocycles. The number of thiophene rings is 1. The monoisotopic (exact) mass is 392 g/mol. The van der Waals surface area contributed by atoms with Gasteiger partial charge in [-0.2, -0.15) is 9.40 Å². The number of nitrogens with one attached hydrogen (secondary N) is 2. The van der Waals surface area contributed by atoms with Gasteiger partial charge < -0.3 is 5.32 Å². The molecule has 0 aliphatic heterocycles. The Balaban J connectivity index is 2.19. The third-order valence-electron chi connectivity index (χ3n) is 2.91. The average Bonchev–Trinajstić information content (AvgIpc) is 3.05. The Hall–Kier alpha value is -0.740. The predicted molar refractivity (Wildman–Crippen MR) is 86.6 cm³/mol. The quantitative estimate of drug-likeness (QED) is 0.756. The number of halogens is 1. The van der Waals surface area contributed by atoms with Gasteiger partial charge in [-0.1, -0.05) is 6.92 Å². The smallest absolute Gasteiger partial charge is 0.260 e. The van der Waals surface area contributed by atoms with Crippen molar-refractivity contribution in [1.29, 1.82) is 0 Å². The summed E-state index contributed by atoms with van der Waals surface area (Å²) >= 11 is 4.89. The number of aromatic nitrogens is 2. The Morgan fingerprint density at radius 2 is 2.29 bits per heavy atom. The normalized spacial score (nSPS) is 12.2. The van der Waals surface area contributed by atoms with E-state index in [0.29, 0.717) is 18.7 Å². The highest BCUT2D eigenvalue weighted by Gasteiger charge is 2.26. The Kier molecular flexibility index (Phi) is 5.55. The van der Waals surface area contributed by atoms with E-state index < -0.39 is 10.0 Å². The predicted octanol–water partition coefficient (Wildman–Crippen LogP) is 2.16. The number of rotatable bonds is 7. The molecule has 0 spiro atoms. The van der Waals surface area contributed by atoms with Gasteiger partial charge in [0, 0.05) is 40.4 Å². The van der Waals surface area contributed by atoms with Crippen LogP contribution in [-0.4, -0.2) is 36.5 Å². The summed E-state index contributed by atoms with van der Waals surface area (Å²) in [5.41, 5.74) is 0.649. The van der Waals surface area contributed by atoms with Gasteiger partial charge in [0.05, 0.1) is 6.20 Å². The largest absolute Gasteiger partial charge is 0.313 e. The molecule has 0 aliphatic rings. The maximum Gasteiger partial charge on any atom is 0.260 e. The highest BCUT2D eigenvalue weighted by Crippen LogP contribution is 2.24. The van der Waals surface area contributed by atoms with E-state index in [1.54, 1.807) is 13.2 Å². The van der Waals surface area contributed by atoms with Crippen molar-refractivity contribution >= 4 is 37.3 Å². The van der Waals surface area contributed by atoms with Crippen LogP contribution in [0.4, 0.5) is 0 Å². The van der Waals surface area contributed by atoms with Crippen molar-refractivity contribution in [3.05, 3.63) is 32.6 Å². The molecule has 116 valence electrons. The van der Waals surface area contributed by atoms with Crippen molar-refractivity contribution in [3.63, 3.8) is 0 Å². The molecule has 0 saturated heterocycles. The van der Waals surface area contributed by atoms with Gasteiger partial charge in [0.15, 0.2) is 5.03 Å². The van der Waals surface area contributed by atoms with E-state index in [0.717, 1.165) is 15.9 Å². The lowest BCUT2D eigenvalue weighted by molar-refractivity contribution is 0.465. The highest BCUT2D eigenvalue weighted by atomic mass is 79.9. The number of nitrogens with zero attached hydrogens (tertiary/aromatic N) is 2. The molecule has 2 rings (SSSR count). The zero-order valence-corrected chi connectivity index (χ0v) is 15.0. The standard InChI is InChI=1S/C12H17BrN4O2S2/c1-3-14-5-9-6-15-16-12(9)21(18,19)17(2)7-11-4-10(13)8-20-11/h4,6,8,14H,3,5,7H2,1-2H3,(H,15,16). The van der Waals surface area contributed by atoms with Crippen molar-refractivity contribution in [2.45, 2.75) is 25.0 Å². The van der Waals surface area contributed by atoms with Crippen LogP contribution in [0.25, 0.3) is 0 Å². The molecule has 0 aliphatic carbocycles. The third-order valence-corrected chi connectivity index (χ3v) is 6.41. The van der Waals surface area contributed by atoms with Crippen LogP contribution in [0.2, 0.25) is 0 Å². The first-order valence-corrected chi connectivity index (χ1v) is 9.48. The second kappa shape index (κ2) is 7.01. The number of hydrogen-bond donors (Lipinski definition) is 2. The maximum absolute atomic E-state index is 12.6. The molecule has 0 bridgehead atoms. The fraction of sp³-hybridized carbons (Fsp3) is 0.417. The van der Waals surface area contributed by atoms with Gasteiger partial charge in [-0.05, 0) is 28.5 Å². The molecule has 0 radical (unpaired) electrons. The lowest BCUT2D eigenvalue weighted by atomic mass is 10.3. The molecule has 21 heavy (non-hydrogen) atoms. The molecule has 2 aromatic heterocycles. The van der Waals surface area contributed by atoms with E-state index in [2.05, 4.69) is 31.4 Å². The Morgan fingerprint density at radius 1 is 1.52 bits per heavy atom. The number of hydrogen-bond acceptors (Lipinski definition) is 5. The van der Waals surface area contributed by atoms with E-state index >= 15 is 0 Å². The van der Waals surface area contributed by atoms with Crippen LogP contribution in [0.15, 0.2) is 27.1 Å². The average molecular weight is 393 g/mol. The minimum Gasteiger partial charge on any atom is -0.313 e. The molecule has 2 aromatic rings. The summed E-state index contributed by atoms with van der Waals surface area (Å²) in [4.78, 5) is 0.973. The van der Waals surface area contributed by atoms with Gasteiger partial charge in [0.2, 0.25) is 0 Å². The van der Waals surface area contributed by atoms with E-state index in [9.17, 15) is 8.42 Å². The first kappa shape index (κ1) is 16.6. The molecule has 0 amide bonds. The van der Waals surface area contributed by atoms with Crippen LogP contribution in [0.5, 0.6) is 0 Å². The fourth-order valence-corrected chi connectivity index (χ4v) is 4.64. The second-order valence-electron chi connectivity index (χ2n) is 4.50. The van der Waals surface area contributed by atoms with Crippen LogP contribution >= 0.6 is 27.3 Å². The molecule has 2 N–H and O–H groups in total. The van der Waals surface area contributed by atoms with E-state index in [1.165, 1.54) is 15.6 Å². The summed E-state index contributed by atoms with van der Waals surface area (Å²) in [7, 11) is -2.01. The van der Waals surface area contributed by atoms with Crippen LogP contribution in [0.1, 0.15) is 17.4 Å². The summed E-state index contributed by atoms with van der Waals surface area (Å²) in [5, 5.41) is 11.7. The van der Waals surface area contributed by atoms with Gasteiger partial charge in [0.1, 0.15) is 0 Å². The zero-order valence-electron chi connectivity index (χ0n) is 11.8. The first-order valence-electron chi connectivity index (χ1n) is 6.37. The molecule has 0 saturated carbocycles. The van der Waals surface area contributed by atoms with Crippen molar-refractivity contribution in [3.8, 4) is 0 Å². The maximum atomic E-state index is 12.6. The van der Waals surface area contributed by atoms with Crippen LogP contribution in [0.3, 0.4) is 0 Å². The van der Waals surface area contributed by atoms with Crippen molar-refractivity contribution < 1.29 is 8.42 Å². The molecule has 0 unspecified atom stereocenters. The summed E-state index contributed by atoms with van der Waals surface area (Å²) < 4.78 is 27.5. The van der Waals surface area contributed by atoms with Crippen LogP contribution in [0, 0.1) is 0 Å². The van der Waals surface area contributed by atoms with Gasteiger partial charge in [0.25, 0.3) is 10.0 Å². The summed E-state index contributed by atoms with van der Waals surface area (Å²) in [5.74, 6) is 0. The SMILES string of the molecule is CCNCc1cn[nH]c1S(=O)(=O)N(C)Cc1cc(Br)cs1. The second-order valence-corrected chi connectivity index (χ2v) is 8.39. The van der Waals surface area contributed by atoms with Crippen molar-refractivity contribution in [2.75, 3.05) is 13.6 Å². The fourth-order valence-electron chi connectivity index (χ4n) is 1.81. The highest BCUT2D eigenvalue weighted by molar-refractivity contribution is 9.10. The van der Waals surface area contributed by atoms with Gasteiger partial charge in [-0.15, -0.1) is 11.3 Å². The molecular weight excluding hydrogens is 376 g/mol. The zero-order chi connectivity index (χ0) is 15.5. The van der Waals surface area contributed by atoms with E-state index in [1.807, 2.05) is 18.4 Å². The molecule has 0 atom stereocenters. The molecule has 0 aromatic carbocycles.